The molecule has 2 N–H and O–H groups in total. The largest absolute Gasteiger partial charge is 0.376 e. The van der Waals surface area contributed by atoms with Crippen LogP contribution in [-0.2, 0) is 4.79 Å². The van der Waals surface area contributed by atoms with Gasteiger partial charge in [0.25, 0.3) is 5.91 Å². The first-order valence-electron chi connectivity index (χ1n) is 7.29. The highest BCUT2D eigenvalue weighted by Gasteiger charge is 2.14. The van der Waals surface area contributed by atoms with E-state index >= 15 is 0 Å². The van der Waals surface area contributed by atoms with E-state index < -0.39 is 0 Å². The van der Waals surface area contributed by atoms with Crippen LogP contribution in [0.3, 0.4) is 0 Å². The standard InChI is InChI=1S/C16H23N3O/c1-12-6-5-8-14(10-12)18-19-16(20)11-17-15-9-4-3-7-13(15)2/h3-4,7,9,12,17H,5-6,8,10-11H2,1-2H3,(H,19,20)/t12-/m0/s1. The number of hydrogen-bond donors (Lipinski definition) is 2. The number of rotatable bonds is 4. The quantitative estimate of drug-likeness (QED) is 0.828. The van der Waals surface area contributed by atoms with Crippen LogP contribution < -0.4 is 10.7 Å². The molecule has 108 valence electrons. The molecule has 0 heterocycles. The van der Waals surface area contributed by atoms with E-state index in [0.29, 0.717) is 5.92 Å². The van der Waals surface area contributed by atoms with Crippen molar-refractivity contribution in [2.75, 3.05) is 11.9 Å². The van der Waals surface area contributed by atoms with Crippen LogP contribution in [0, 0.1) is 12.8 Å². The van der Waals surface area contributed by atoms with Gasteiger partial charge in [-0.1, -0.05) is 25.1 Å². The number of carbonyl (C=O) groups excluding carboxylic acids is 1. The van der Waals surface area contributed by atoms with Crippen molar-refractivity contribution in [3.8, 4) is 0 Å². The SMILES string of the molecule is Cc1ccccc1NCC(=O)NN=C1CCC[C@H](C)C1. The average Bonchev–Trinajstić information content (AvgIpc) is 2.44. The van der Waals surface area contributed by atoms with Crippen LogP contribution in [0.5, 0.6) is 0 Å². The second kappa shape index (κ2) is 7.08. The maximum atomic E-state index is 11.8. The maximum Gasteiger partial charge on any atom is 0.259 e. The zero-order valence-corrected chi connectivity index (χ0v) is 12.3. The molecule has 1 aliphatic rings. The van der Waals surface area contributed by atoms with Gasteiger partial charge in [-0.3, -0.25) is 4.79 Å². The fraction of sp³-hybridized carbons (Fsp3) is 0.500. The maximum absolute atomic E-state index is 11.8. The third kappa shape index (κ3) is 4.37. The first-order chi connectivity index (χ1) is 9.65. The van der Waals surface area contributed by atoms with Crippen molar-refractivity contribution in [2.45, 2.75) is 39.5 Å². The number of benzene rings is 1. The lowest BCUT2D eigenvalue weighted by atomic mass is 9.89. The van der Waals surface area contributed by atoms with Crippen molar-refractivity contribution >= 4 is 17.3 Å². The van der Waals surface area contributed by atoms with Gasteiger partial charge in [-0.25, -0.2) is 5.43 Å². The second-order valence-electron chi connectivity index (χ2n) is 5.58. The van der Waals surface area contributed by atoms with Crippen LogP contribution >= 0.6 is 0 Å². The Morgan fingerprint density at radius 1 is 1.40 bits per heavy atom. The van der Waals surface area contributed by atoms with E-state index in [0.717, 1.165) is 29.8 Å². The topological polar surface area (TPSA) is 53.5 Å². The minimum absolute atomic E-state index is 0.0982. The molecule has 0 aromatic heterocycles. The molecular weight excluding hydrogens is 250 g/mol. The molecule has 1 aromatic carbocycles. The van der Waals surface area contributed by atoms with E-state index in [1.54, 1.807) is 0 Å². The molecule has 0 radical (unpaired) electrons. The van der Waals surface area contributed by atoms with E-state index in [-0.39, 0.29) is 12.5 Å². The number of amides is 1. The molecule has 1 fully saturated rings. The Morgan fingerprint density at radius 2 is 2.20 bits per heavy atom. The lowest BCUT2D eigenvalue weighted by Crippen LogP contribution is -2.28. The molecule has 2 rings (SSSR count). The molecule has 1 amide bonds. The van der Waals surface area contributed by atoms with Crippen LogP contribution in [-0.4, -0.2) is 18.2 Å². The van der Waals surface area contributed by atoms with Crippen LogP contribution in [0.2, 0.25) is 0 Å². The number of hydrazone groups is 1. The second-order valence-corrected chi connectivity index (χ2v) is 5.58. The van der Waals surface area contributed by atoms with Crippen molar-refractivity contribution < 1.29 is 4.79 Å². The van der Waals surface area contributed by atoms with Gasteiger partial charge in [0.05, 0.1) is 6.54 Å². The monoisotopic (exact) mass is 273 g/mol. The number of nitrogens with one attached hydrogen (secondary N) is 2. The third-order valence-corrected chi connectivity index (χ3v) is 3.67. The molecule has 1 aromatic rings. The molecular formula is C16H23N3O. The first-order valence-corrected chi connectivity index (χ1v) is 7.29. The zero-order chi connectivity index (χ0) is 14.4. The molecule has 0 saturated heterocycles. The normalized spacial score (nSPS) is 20.7. The lowest BCUT2D eigenvalue weighted by Gasteiger charge is -2.19. The zero-order valence-electron chi connectivity index (χ0n) is 12.3. The first kappa shape index (κ1) is 14.6. The summed E-state index contributed by atoms with van der Waals surface area (Å²) in [4.78, 5) is 11.8. The van der Waals surface area contributed by atoms with Crippen LogP contribution in [0.25, 0.3) is 0 Å². The van der Waals surface area contributed by atoms with Crippen molar-refractivity contribution in [1.82, 2.24) is 5.43 Å². The van der Waals surface area contributed by atoms with Gasteiger partial charge in [0.1, 0.15) is 0 Å². The number of anilines is 1. The summed E-state index contributed by atoms with van der Waals surface area (Å²) in [5, 5.41) is 7.37. The van der Waals surface area contributed by atoms with Crippen molar-refractivity contribution in [2.24, 2.45) is 11.0 Å². The highest BCUT2D eigenvalue weighted by atomic mass is 16.2. The van der Waals surface area contributed by atoms with Gasteiger partial charge in [0.2, 0.25) is 0 Å². The Hall–Kier alpha value is -1.84. The van der Waals surface area contributed by atoms with Crippen molar-refractivity contribution in [1.29, 1.82) is 0 Å². The van der Waals surface area contributed by atoms with E-state index in [2.05, 4.69) is 22.8 Å². The van der Waals surface area contributed by atoms with E-state index in [4.69, 9.17) is 0 Å². The molecule has 1 saturated carbocycles. The highest BCUT2D eigenvalue weighted by molar-refractivity contribution is 5.88. The van der Waals surface area contributed by atoms with E-state index in [1.165, 1.54) is 12.8 Å². The Morgan fingerprint density at radius 3 is 2.95 bits per heavy atom. The summed E-state index contributed by atoms with van der Waals surface area (Å²) in [6, 6.07) is 7.93. The summed E-state index contributed by atoms with van der Waals surface area (Å²) in [5.41, 5.74) is 5.89. The molecule has 4 nitrogen and oxygen atoms in total. The molecule has 4 heteroatoms. The Balaban J connectivity index is 1.78. The summed E-state index contributed by atoms with van der Waals surface area (Å²) in [7, 11) is 0. The number of carbonyl (C=O) groups is 1. The van der Waals surface area contributed by atoms with Crippen molar-refractivity contribution in [3.63, 3.8) is 0 Å². The smallest absolute Gasteiger partial charge is 0.259 e. The Bertz CT molecular complexity index is 496. The molecule has 0 aliphatic heterocycles. The number of aryl methyl sites for hydroxylation is 1. The van der Waals surface area contributed by atoms with E-state index in [9.17, 15) is 4.79 Å². The van der Waals surface area contributed by atoms with Gasteiger partial charge >= 0.3 is 0 Å². The lowest BCUT2D eigenvalue weighted by molar-refractivity contribution is -0.119. The van der Waals surface area contributed by atoms with Gasteiger partial charge in [-0.2, -0.15) is 5.10 Å². The number of para-hydroxylation sites is 1. The predicted octanol–water partition coefficient (Wildman–Crippen LogP) is 3.09. The third-order valence-electron chi connectivity index (χ3n) is 3.67. The van der Waals surface area contributed by atoms with Gasteiger partial charge in [0.15, 0.2) is 0 Å². The van der Waals surface area contributed by atoms with Gasteiger partial charge < -0.3 is 5.32 Å². The van der Waals surface area contributed by atoms with Gasteiger partial charge in [0, 0.05) is 11.4 Å². The minimum atomic E-state index is -0.0982. The molecule has 0 spiro atoms. The van der Waals surface area contributed by atoms with Crippen LogP contribution in [0.15, 0.2) is 29.4 Å². The average molecular weight is 273 g/mol. The summed E-state index contributed by atoms with van der Waals surface area (Å²) in [6.07, 6.45) is 4.46. The van der Waals surface area contributed by atoms with Crippen LogP contribution in [0.4, 0.5) is 5.69 Å². The Labute approximate surface area is 120 Å². The minimum Gasteiger partial charge on any atom is -0.376 e. The molecule has 1 aliphatic carbocycles. The molecule has 1 atom stereocenters. The fourth-order valence-electron chi connectivity index (χ4n) is 2.49. The summed E-state index contributed by atoms with van der Waals surface area (Å²) in [6.45, 7) is 4.50. The predicted molar refractivity (Wildman–Crippen MR) is 82.9 cm³/mol. The highest BCUT2D eigenvalue weighted by Crippen LogP contribution is 2.20. The Kier molecular flexibility index (Phi) is 5.16. The number of hydrogen-bond acceptors (Lipinski definition) is 3. The van der Waals surface area contributed by atoms with Crippen LogP contribution in [0.1, 0.15) is 38.2 Å². The molecule has 0 bridgehead atoms. The molecule has 20 heavy (non-hydrogen) atoms. The van der Waals surface area contributed by atoms with Gasteiger partial charge in [-0.05, 0) is 50.2 Å². The summed E-state index contributed by atoms with van der Waals surface area (Å²) in [5.74, 6) is 0.587. The van der Waals surface area contributed by atoms with Gasteiger partial charge in [-0.15, -0.1) is 0 Å². The molecule has 0 unspecified atom stereocenters. The summed E-state index contributed by atoms with van der Waals surface area (Å²) < 4.78 is 0. The van der Waals surface area contributed by atoms with E-state index in [1.807, 2.05) is 31.2 Å². The van der Waals surface area contributed by atoms with Crippen molar-refractivity contribution in [3.05, 3.63) is 29.8 Å². The number of nitrogens with zero attached hydrogens (tertiary/aromatic N) is 1. The summed E-state index contributed by atoms with van der Waals surface area (Å²) >= 11 is 0. The fourth-order valence-corrected chi connectivity index (χ4v) is 2.49.